The van der Waals surface area contributed by atoms with Crippen LogP contribution in [-0.4, -0.2) is 36.2 Å². The zero-order valence-corrected chi connectivity index (χ0v) is 12.6. The van der Waals surface area contributed by atoms with Crippen LogP contribution in [0.4, 0.5) is 0 Å². The smallest absolute Gasteiger partial charge is 0.320 e. The summed E-state index contributed by atoms with van der Waals surface area (Å²) in [4.78, 5) is 11.1. The molecule has 0 fully saturated rings. The summed E-state index contributed by atoms with van der Waals surface area (Å²) < 4.78 is 5.22. The van der Waals surface area contributed by atoms with Crippen LogP contribution in [0.25, 0.3) is 0 Å². The standard InChI is InChI=1S/C13H18ClNO3S/c1-18-12-4-3-10(14)7-9(12)8-15-11(13(16)17)5-6-19-2/h3-4,7,11,15H,5-6,8H2,1-2H3,(H,16,17). The number of halogens is 1. The van der Waals surface area contributed by atoms with Crippen LogP contribution >= 0.6 is 23.4 Å². The molecule has 0 aliphatic rings. The van der Waals surface area contributed by atoms with Gasteiger partial charge in [-0.05, 0) is 36.6 Å². The number of methoxy groups -OCH3 is 1. The minimum atomic E-state index is -0.838. The average molecular weight is 304 g/mol. The Bertz CT molecular complexity index is 428. The third-order valence-electron chi connectivity index (χ3n) is 2.69. The summed E-state index contributed by atoms with van der Waals surface area (Å²) in [6.07, 6.45) is 2.54. The first-order chi connectivity index (χ1) is 9.08. The van der Waals surface area contributed by atoms with Crippen molar-refractivity contribution in [1.29, 1.82) is 0 Å². The van der Waals surface area contributed by atoms with Gasteiger partial charge in [0.2, 0.25) is 0 Å². The van der Waals surface area contributed by atoms with E-state index in [0.29, 0.717) is 23.7 Å². The molecule has 1 atom stereocenters. The molecule has 0 aliphatic heterocycles. The van der Waals surface area contributed by atoms with Crippen molar-refractivity contribution < 1.29 is 14.6 Å². The summed E-state index contributed by atoms with van der Waals surface area (Å²) in [6.45, 7) is 0.412. The molecule has 106 valence electrons. The van der Waals surface area contributed by atoms with E-state index in [0.717, 1.165) is 11.3 Å². The highest BCUT2D eigenvalue weighted by Crippen LogP contribution is 2.22. The van der Waals surface area contributed by atoms with Gasteiger partial charge in [0.25, 0.3) is 0 Å². The molecular weight excluding hydrogens is 286 g/mol. The Balaban J connectivity index is 2.67. The van der Waals surface area contributed by atoms with Gasteiger partial charge in [0, 0.05) is 17.1 Å². The summed E-state index contributed by atoms with van der Waals surface area (Å²) in [7, 11) is 1.58. The lowest BCUT2D eigenvalue weighted by Crippen LogP contribution is -2.36. The maximum Gasteiger partial charge on any atom is 0.320 e. The number of carboxylic acid groups (broad SMARTS) is 1. The fourth-order valence-electron chi connectivity index (χ4n) is 1.67. The van der Waals surface area contributed by atoms with Crippen molar-refractivity contribution >= 4 is 29.3 Å². The van der Waals surface area contributed by atoms with E-state index < -0.39 is 12.0 Å². The molecule has 0 aromatic heterocycles. The Morgan fingerprint density at radius 2 is 2.32 bits per heavy atom. The molecule has 0 bridgehead atoms. The van der Waals surface area contributed by atoms with Crippen molar-refractivity contribution in [3.8, 4) is 5.75 Å². The molecule has 19 heavy (non-hydrogen) atoms. The highest BCUT2D eigenvalue weighted by molar-refractivity contribution is 7.98. The van der Waals surface area contributed by atoms with Crippen LogP contribution in [0.2, 0.25) is 5.02 Å². The van der Waals surface area contributed by atoms with E-state index in [2.05, 4.69) is 5.32 Å². The molecule has 1 aromatic carbocycles. The number of benzene rings is 1. The van der Waals surface area contributed by atoms with Crippen LogP contribution in [-0.2, 0) is 11.3 Å². The summed E-state index contributed by atoms with van der Waals surface area (Å²) in [5, 5.41) is 12.8. The van der Waals surface area contributed by atoms with E-state index in [-0.39, 0.29) is 0 Å². The average Bonchev–Trinajstić information content (AvgIpc) is 2.38. The van der Waals surface area contributed by atoms with Gasteiger partial charge in [0.15, 0.2) is 0 Å². The Hall–Kier alpha value is -0.910. The minimum absolute atomic E-state index is 0.412. The number of carboxylic acids is 1. The summed E-state index contributed by atoms with van der Waals surface area (Å²) in [6, 6.07) is 4.74. The number of ether oxygens (including phenoxy) is 1. The van der Waals surface area contributed by atoms with Crippen LogP contribution in [0.15, 0.2) is 18.2 Å². The predicted molar refractivity (Wildman–Crippen MR) is 79.3 cm³/mol. The molecule has 1 unspecified atom stereocenters. The molecular formula is C13H18ClNO3S. The third-order valence-corrected chi connectivity index (χ3v) is 3.57. The first-order valence-corrected chi connectivity index (χ1v) is 7.63. The monoisotopic (exact) mass is 303 g/mol. The quantitative estimate of drug-likeness (QED) is 0.773. The van der Waals surface area contributed by atoms with Crippen molar-refractivity contribution in [3.05, 3.63) is 28.8 Å². The number of aliphatic carboxylic acids is 1. The Morgan fingerprint density at radius 1 is 1.58 bits per heavy atom. The van der Waals surface area contributed by atoms with Gasteiger partial charge in [0.1, 0.15) is 11.8 Å². The zero-order valence-electron chi connectivity index (χ0n) is 11.0. The molecule has 0 spiro atoms. The fraction of sp³-hybridized carbons (Fsp3) is 0.462. The third kappa shape index (κ3) is 5.30. The van der Waals surface area contributed by atoms with Crippen LogP contribution in [0.3, 0.4) is 0 Å². The van der Waals surface area contributed by atoms with E-state index in [1.165, 1.54) is 0 Å². The summed E-state index contributed by atoms with van der Waals surface area (Å²) in [5.74, 6) is 0.664. The Labute approximate surface area is 122 Å². The SMILES string of the molecule is COc1ccc(Cl)cc1CNC(CCSC)C(=O)O. The second kappa shape index (κ2) is 8.30. The first-order valence-electron chi connectivity index (χ1n) is 5.86. The van der Waals surface area contributed by atoms with Gasteiger partial charge in [-0.15, -0.1) is 0 Å². The van der Waals surface area contributed by atoms with E-state index >= 15 is 0 Å². The lowest BCUT2D eigenvalue weighted by Gasteiger charge is -2.15. The molecule has 0 saturated heterocycles. The molecule has 2 N–H and O–H groups in total. The van der Waals surface area contributed by atoms with E-state index in [1.54, 1.807) is 37.1 Å². The van der Waals surface area contributed by atoms with Crippen molar-refractivity contribution in [2.24, 2.45) is 0 Å². The van der Waals surface area contributed by atoms with E-state index in [4.69, 9.17) is 21.4 Å². The normalized spacial score (nSPS) is 12.2. The van der Waals surface area contributed by atoms with Crippen LogP contribution < -0.4 is 10.1 Å². The molecule has 1 rings (SSSR count). The predicted octanol–water partition coefficient (Wildman–Crippen LogP) is 2.64. The highest BCUT2D eigenvalue weighted by atomic mass is 35.5. The van der Waals surface area contributed by atoms with Gasteiger partial charge in [-0.3, -0.25) is 4.79 Å². The molecule has 0 amide bonds. The van der Waals surface area contributed by atoms with Crippen molar-refractivity contribution in [1.82, 2.24) is 5.32 Å². The van der Waals surface area contributed by atoms with Crippen LogP contribution in [0, 0.1) is 0 Å². The van der Waals surface area contributed by atoms with Crippen molar-refractivity contribution in [3.63, 3.8) is 0 Å². The minimum Gasteiger partial charge on any atom is -0.496 e. The molecule has 0 radical (unpaired) electrons. The van der Waals surface area contributed by atoms with E-state index in [9.17, 15) is 4.79 Å². The molecule has 1 aromatic rings. The summed E-state index contributed by atoms with van der Waals surface area (Å²) in [5.41, 5.74) is 0.852. The topological polar surface area (TPSA) is 58.6 Å². The zero-order chi connectivity index (χ0) is 14.3. The van der Waals surface area contributed by atoms with Gasteiger partial charge >= 0.3 is 5.97 Å². The second-order valence-electron chi connectivity index (χ2n) is 4.01. The number of hydrogen-bond acceptors (Lipinski definition) is 4. The Morgan fingerprint density at radius 3 is 2.89 bits per heavy atom. The lowest BCUT2D eigenvalue weighted by atomic mass is 10.1. The lowest BCUT2D eigenvalue weighted by molar-refractivity contribution is -0.139. The van der Waals surface area contributed by atoms with Crippen LogP contribution in [0.1, 0.15) is 12.0 Å². The number of nitrogens with one attached hydrogen (secondary N) is 1. The number of rotatable bonds is 8. The summed E-state index contributed by atoms with van der Waals surface area (Å²) >= 11 is 7.56. The molecule has 0 saturated carbocycles. The van der Waals surface area contributed by atoms with Gasteiger partial charge < -0.3 is 15.2 Å². The Kier molecular flexibility index (Phi) is 7.05. The maximum atomic E-state index is 11.1. The van der Waals surface area contributed by atoms with Crippen LogP contribution in [0.5, 0.6) is 5.75 Å². The maximum absolute atomic E-state index is 11.1. The second-order valence-corrected chi connectivity index (χ2v) is 5.43. The molecule has 6 heteroatoms. The molecule has 0 heterocycles. The molecule has 0 aliphatic carbocycles. The largest absolute Gasteiger partial charge is 0.496 e. The van der Waals surface area contributed by atoms with Gasteiger partial charge in [0.05, 0.1) is 7.11 Å². The number of carbonyl (C=O) groups is 1. The van der Waals surface area contributed by atoms with E-state index in [1.807, 2.05) is 6.26 Å². The van der Waals surface area contributed by atoms with Crippen molar-refractivity contribution in [2.75, 3.05) is 19.1 Å². The first kappa shape index (κ1) is 16.1. The highest BCUT2D eigenvalue weighted by Gasteiger charge is 2.16. The van der Waals surface area contributed by atoms with Crippen molar-refractivity contribution in [2.45, 2.75) is 19.0 Å². The number of hydrogen-bond donors (Lipinski definition) is 2. The molecule has 4 nitrogen and oxygen atoms in total. The van der Waals surface area contributed by atoms with Gasteiger partial charge in [-0.25, -0.2) is 0 Å². The number of thioether (sulfide) groups is 1. The van der Waals surface area contributed by atoms with Gasteiger partial charge in [-0.1, -0.05) is 11.6 Å². The fourth-order valence-corrected chi connectivity index (χ4v) is 2.33. The van der Waals surface area contributed by atoms with Gasteiger partial charge in [-0.2, -0.15) is 11.8 Å².